The molecule has 20 heavy (non-hydrogen) atoms. The van der Waals surface area contributed by atoms with Crippen LogP contribution in [0.5, 0.6) is 0 Å². The maximum Gasteiger partial charge on any atom is 0.128 e. The van der Waals surface area contributed by atoms with Gasteiger partial charge in [-0.1, -0.05) is 11.6 Å². The first-order valence-electron chi connectivity index (χ1n) is 6.95. The van der Waals surface area contributed by atoms with Gasteiger partial charge >= 0.3 is 0 Å². The van der Waals surface area contributed by atoms with Gasteiger partial charge in [-0.15, -0.1) is 0 Å². The van der Waals surface area contributed by atoms with Crippen molar-refractivity contribution in [3.05, 3.63) is 34.6 Å². The molecule has 1 aromatic carbocycles. The number of halogens is 2. The van der Waals surface area contributed by atoms with Gasteiger partial charge in [-0.3, -0.25) is 9.80 Å². The topological polar surface area (TPSA) is 32.5 Å². The molecular weight excluding hydrogens is 277 g/mol. The maximum atomic E-state index is 14.1. The normalized spacial score (nSPS) is 21.9. The second kappa shape index (κ2) is 5.98. The molecule has 1 unspecified atom stereocenters. The van der Waals surface area contributed by atoms with Crippen molar-refractivity contribution in [1.29, 1.82) is 0 Å². The van der Waals surface area contributed by atoms with Crippen molar-refractivity contribution in [2.45, 2.75) is 25.4 Å². The van der Waals surface area contributed by atoms with Crippen molar-refractivity contribution < 1.29 is 4.39 Å². The number of benzene rings is 1. The minimum atomic E-state index is -0.235. The average molecular weight is 300 g/mol. The van der Waals surface area contributed by atoms with Gasteiger partial charge in [0, 0.05) is 42.3 Å². The highest BCUT2D eigenvalue weighted by atomic mass is 35.5. The number of hydrogen-bond donors (Lipinski definition) is 1. The summed E-state index contributed by atoms with van der Waals surface area (Å²) < 4.78 is 14.1. The van der Waals surface area contributed by atoms with E-state index in [0.29, 0.717) is 17.1 Å². The summed E-state index contributed by atoms with van der Waals surface area (Å²) in [6, 6.07) is 4.56. The number of rotatable bonds is 3. The molecule has 1 aromatic rings. The van der Waals surface area contributed by atoms with Gasteiger partial charge in [0.15, 0.2) is 0 Å². The van der Waals surface area contributed by atoms with Crippen molar-refractivity contribution in [3.8, 4) is 0 Å². The van der Waals surface area contributed by atoms with E-state index in [-0.39, 0.29) is 17.4 Å². The lowest BCUT2D eigenvalue weighted by atomic mass is 9.96. The molecule has 2 rings (SSSR count). The summed E-state index contributed by atoms with van der Waals surface area (Å²) >= 11 is 6.00. The Morgan fingerprint density at radius 2 is 2.10 bits per heavy atom. The van der Waals surface area contributed by atoms with Crippen LogP contribution in [0.4, 0.5) is 4.39 Å². The molecule has 3 nitrogen and oxygen atoms in total. The molecule has 0 spiro atoms. The predicted molar refractivity (Wildman–Crippen MR) is 81.5 cm³/mol. The van der Waals surface area contributed by atoms with Crippen LogP contribution in [0.3, 0.4) is 0 Å². The molecule has 0 saturated carbocycles. The third-order valence-electron chi connectivity index (χ3n) is 4.33. The van der Waals surface area contributed by atoms with Gasteiger partial charge in [0.25, 0.3) is 0 Å². The van der Waals surface area contributed by atoms with Crippen LogP contribution < -0.4 is 5.73 Å². The number of likely N-dealkylation sites (N-methyl/N-ethyl adjacent to an activating group) is 1. The Bertz CT molecular complexity index is 478. The lowest BCUT2D eigenvalue weighted by Crippen LogP contribution is -2.58. The third-order valence-corrected chi connectivity index (χ3v) is 4.56. The lowest BCUT2D eigenvalue weighted by Gasteiger charge is -2.48. The number of hydrogen-bond acceptors (Lipinski definition) is 3. The fourth-order valence-corrected chi connectivity index (χ4v) is 2.97. The van der Waals surface area contributed by atoms with Gasteiger partial charge in [0.05, 0.1) is 6.04 Å². The summed E-state index contributed by atoms with van der Waals surface area (Å²) in [5, 5.41) is 0.549. The highest BCUT2D eigenvalue weighted by Gasteiger charge is 2.34. The zero-order chi connectivity index (χ0) is 14.9. The Hall–Kier alpha value is -0.680. The van der Waals surface area contributed by atoms with Crippen LogP contribution in [0.1, 0.15) is 25.5 Å². The highest BCUT2D eigenvalue weighted by Crippen LogP contribution is 2.29. The summed E-state index contributed by atoms with van der Waals surface area (Å²) in [6.07, 6.45) is 0. The first kappa shape index (κ1) is 15.7. The van der Waals surface area contributed by atoms with E-state index in [1.54, 1.807) is 12.1 Å². The summed E-state index contributed by atoms with van der Waals surface area (Å²) in [6.45, 7) is 7.47. The molecule has 0 amide bonds. The van der Waals surface area contributed by atoms with E-state index >= 15 is 0 Å². The van der Waals surface area contributed by atoms with Gasteiger partial charge in [0.2, 0.25) is 0 Å². The summed E-state index contributed by atoms with van der Waals surface area (Å²) in [5.74, 6) is -0.235. The Kier molecular flexibility index (Phi) is 4.69. The minimum absolute atomic E-state index is 0.0563. The molecular formula is C15H23ClFN3. The average Bonchev–Trinajstić information content (AvgIpc) is 2.38. The van der Waals surface area contributed by atoms with E-state index < -0.39 is 0 Å². The second-order valence-corrected chi connectivity index (χ2v) is 6.56. The highest BCUT2D eigenvalue weighted by molar-refractivity contribution is 6.30. The van der Waals surface area contributed by atoms with E-state index in [0.717, 1.165) is 19.6 Å². The van der Waals surface area contributed by atoms with Gasteiger partial charge in [-0.2, -0.15) is 0 Å². The number of nitrogens with zero attached hydrogens (tertiary/aromatic N) is 2. The van der Waals surface area contributed by atoms with E-state index in [4.69, 9.17) is 17.3 Å². The van der Waals surface area contributed by atoms with Crippen molar-refractivity contribution >= 4 is 11.6 Å². The zero-order valence-electron chi connectivity index (χ0n) is 12.4. The van der Waals surface area contributed by atoms with Gasteiger partial charge in [0.1, 0.15) is 5.82 Å². The molecule has 1 heterocycles. The van der Waals surface area contributed by atoms with Crippen LogP contribution in [0.25, 0.3) is 0 Å². The first-order valence-corrected chi connectivity index (χ1v) is 7.33. The van der Waals surface area contributed by atoms with Crippen LogP contribution in [-0.4, -0.2) is 48.6 Å². The largest absolute Gasteiger partial charge is 0.329 e. The third kappa shape index (κ3) is 3.14. The standard InChI is InChI=1S/C15H23ClFN3/c1-15(2)10-20(7-6-19(15)3)14(9-18)12-8-11(16)4-5-13(12)17/h4-5,8,14H,6-7,9-10,18H2,1-3H3. The van der Waals surface area contributed by atoms with E-state index in [9.17, 15) is 4.39 Å². The van der Waals surface area contributed by atoms with E-state index in [2.05, 4.69) is 30.7 Å². The fourth-order valence-electron chi connectivity index (χ4n) is 2.79. The summed E-state index contributed by atoms with van der Waals surface area (Å²) in [4.78, 5) is 4.58. The molecule has 1 fully saturated rings. The van der Waals surface area contributed by atoms with Crippen molar-refractivity contribution in [3.63, 3.8) is 0 Å². The number of nitrogens with two attached hydrogens (primary N) is 1. The molecule has 0 bridgehead atoms. The Morgan fingerprint density at radius 3 is 2.70 bits per heavy atom. The molecule has 0 radical (unpaired) electrons. The maximum absolute atomic E-state index is 14.1. The Morgan fingerprint density at radius 1 is 1.40 bits per heavy atom. The predicted octanol–water partition coefficient (Wildman–Crippen LogP) is 2.50. The quantitative estimate of drug-likeness (QED) is 0.931. The molecule has 1 atom stereocenters. The first-order chi connectivity index (χ1) is 9.35. The van der Waals surface area contributed by atoms with E-state index in [1.165, 1.54) is 6.07 Å². The smallest absolute Gasteiger partial charge is 0.128 e. The lowest BCUT2D eigenvalue weighted by molar-refractivity contribution is 0.0173. The molecule has 1 aliphatic rings. The molecule has 1 saturated heterocycles. The monoisotopic (exact) mass is 299 g/mol. The minimum Gasteiger partial charge on any atom is -0.329 e. The van der Waals surface area contributed by atoms with Gasteiger partial charge in [-0.05, 0) is 39.1 Å². The second-order valence-electron chi connectivity index (χ2n) is 6.12. The Labute approximate surface area is 125 Å². The van der Waals surface area contributed by atoms with Crippen LogP contribution in [0.15, 0.2) is 18.2 Å². The SMILES string of the molecule is CN1CCN(C(CN)c2cc(Cl)ccc2F)CC1(C)C. The fraction of sp³-hybridized carbons (Fsp3) is 0.600. The summed E-state index contributed by atoms with van der Waals surface area (Å²) in [5.41, 5.74) is 6.57. The van der Waals surface area contributed by atoms with E-state index in [1.807, 2.05) is 0 Å². The molecule has 2 N–H and O–H groups in total. The molecule has 112 valence electrons. The summed E-state index contributed by atoms with van der Waals surface area (Å²) in [7, 11) is 2.12. The van der Waals surface area contributed by atoms with Crippen LogP contribution in [-0.2, 0) is 0 Å². The number of piperazine rings is 1. The van der Waals surface area contributed by atoms with Crippen molar-refractivity contribution in [1.82, 2.24) is 9.80 Å². The van der Waals surface area contributed by atoms with Gasteiger partial charge < -0.3 is 5.73 Å². The Balaban J connectivity index is 2.26. The molecule has 1 aliphatic heterocycles. The molecule has 0 aromatic heterocycles. The van der Waals surface area contributed by atoms with Crippen LogP contribution in [0.2, 0.25) is 5.02 Å². The molecule has 5 heteroatoms. The van der Waals surface area contributed by atoms with Crippen LogP contribution in [0, 0.1) is 5.82 Å². The van der Waals surface area contributed by atoms with Crippen LogP contribution >= 0.6 is 11.6 Å². The van der Waals surface area contributed by atoms with Gasteiger partial charge in [-0.25, -0.2) is 4.39 Å². The van der Waals surface area contributed by atoms with Crippen molar-refractivity contribution in [2.24, 2.45) is 5.73 Å². The molecule has 0 aliphatic carbocycles. The zero-order valence-corrected chi connectivity index (χ0v) is 13.1. The van der Waals surface area contributed by atoms with Crippen molar-refractivity contribution in [2.75, 3.05) is 33.2 Å².